The van der Waals surface area contributed by atoms with Crippen LogP contribution in [0, 0.1) is 17.6 Å². The smallest absolute Gasteiger partial charge is 0.319 e. The summed E-state index contributed by atoms with van der Waals surface area (Å²) >= 11 is 0. The van der Waals surface area contributed by atoms with Gasteiger partial charge in [0.1, 0.15) is 11.6 Å². The normalized spacial score (nSPS) is 15.4. The van der Waals surface area contributed by atoms with Gasteiger partial charge >= 0.3 is 6.03 Å². The molecular formula is C22H27F2N3O. The number of carbonyl (C=O) groups excluding carboxylic acids is 1. The number of hydrogen-bond donors (Lipinski definition) is 2. The standard InChI is InChI=1S/C22H27F2N3O/c23-19-7-5-17(6-8-19)15-18-9-13-27(14-10-18)12-2-11-25-22(28)26-21-4-1-3-20(24)16-21/h1,3-8,16,18H,2,9-15H2,(H2,25,26,28). The van der Waals surface area contributed by atoms with Crippen LogP contribution in [-0.4, -0.2) is 37.1 Å². The fourth-order valence-corrected chi connectivity index (χ4v) is 3.61. The molecule has 2 aromatic carbocycles. The van der Waals surface area contributed by atoms with Gasteiger partial charge < -0.3 is 15.5 Å². The average Bonchev–Trinajstić information content (AvgIpc) is 2.68. The Bertz CT molecular complexity index is 759. The summed E-state index contributed by atoms with van der Waals surface area (Å²) in [7, 11) is 0. The van der Waals surface area contributed by atoms with Gasteiger partial charge in [-0.05, 0) is 87.1 Å². The number of nitrogens with zero attached hydrogens (tertiary/aromatic N) is 1. The molecule has 3 rings (SSSR count). The molecule has 0 spiro atoms. The molecule has 0 atom stereocenters. The van der Waals surface area contributed by atoms with Crippen LogP contribution in [0.2, 0.25) is 0 Å². The van der Waals surface area contributed by atoms with Gasteiger partial charge in [0.2, 0.25) is 0 Å². The van der Waals surface area contributed by atoms with Crippen molar-refractivity contribution in [1.82, 2.24) is 10.2 Å². The summed E-state index contributed by atoms with van der Waals surface area (Å²) in [5.74, 6) is 0.0919. The van der Waals surface area contributed by atoms with Crippen LogP contribution in [0.25, 0.3) is 0 Å². The lowest BCUT2D eigenvalue weighted by atomic mass is 9.90. The molecule has 2 N–H and O–H groups in total. The van der Waals surface area contributed by atoms with E-state index in [0.29, 0.717) is 18.2 Å². The van der Waals surface area contributed by atoms with E-state index in [1.165, 1.54) is 29.8 Å². The van der Waals surface area contributed by atoms with Crippen molar-refractivity contribution in [3.8, 4) is 0 Å². The van der Waals surface area contributed by atoms with Crippen molar-refractivity contribution < 1.29 is 13.6 Å². The van der Waals surface area contributed by atoms with Crippen LogP contribution in [0.1, 0.15) is 24.8 Å². The second kappa shape index (κ2) is 10.2. The SMILES string of the molecule is O=C(NCCCN1CCC(Cc2ccc(F)cc2)CC1)Nc1cccc(F)c1. The molecule has 1 fully saturated rings. The summed E-state index contributed by atoms with van der Waals surface area (Å²) in [6, 6.07) is 12.3. The van der Waals surface area contributed by atoms with Crippen molar-refractivity contribution in [2.24, 2.45) is 5.92 Å². The molecule has 0 unspecified atom stereocenters. The van der Waals surface area contributed by atoms with Crippen LogP contribution in [0.4, 0.5) is 19.3 Å². The van der Waals surface area contributed by atoms with Gasteiger partial charge in [0.15, 0.2) is 0 Å². The van der Waals surface area contributed by atoms with Crippen molar-refractivity contribution in [3.63, 3.8) is 0 Å². The first kappa shape index (κ1) is 20.3. The molecule has 1 heterocycles. The summed E-state index contributed by atoms with van der Waals surface area (Å²) in [5, 5.41) is 5.43. The molecule has 0 bridgehead atoms. The van der Waals surface area contributed by atoms with Gasteiger partial charge in [0.05, 0.1) is 0 Å². The summed E-state index contributed by atoms with van der Waals surface area (Å²) in [6.45, 7) is 3.64. The number of hydrogen-bond acceptors (Lipinski definition) is 2. The van der Waals surface area contributed by atoms with E-state index >= 15 is 0 Å². The third-order valence-electron chi connectivity index (χ3n) is 5.16. The van der Waals surface area contributed by atoms with Gasteiger partial charge in [0.25, 0.3) is 0 Å². The zero-order valence-corrected chi connectivity index (χ0v) is 16.0. The zero-order valence-electron chi connectivity index (χ0n) is 16.0. The number of likely N-dealkylation sites (tertiary alicyclic amines) is 1. The fourth-order valence-electron chi connectivity index (χ4n) is 3.61. The van der Waals surface area contributed by atoms with Crippen LogP contribution in [0.15, 0.2) is 48.5 Å². The van der Waals surface area contributed by atoms with E-state index in [9.17, 15) is 13.6 Å². The highest BCUT2D eigenvalue weighted by atomic mass is 19.1. The zero-order chi connectivity index (χ0) is 19.8. The lowest BCUT2D eigenvalue weighted by Crippen LogP contribution is -2.37. The van der Waals surface area contributed by atoms with E-state index in [2.05, 4.69) is 15.5 Å². The van der Waals surface area contributed by atoms with Crippen LogP contribution < -0.4 is 10.6 Å². The van der Waals surface area contributed by atoms with Gasteiger partial charge in [0, 0.05) is 12.2 Å². The number of carbonyl (C=O) groups is 1. The largest absolute Gasteiger partial charge is 0.338 e. The van der Waals surface area contributed by atoms with Gasteiger partial charge in [-0.15, -0.1) is 0 Å². The first-order chi connectivity index (χ1) is 13.6. The third kappa shape index (κ3) is 6.60. The number of urea groups is 1. The molecular weight excluding hydrogens is 360 g/mol. The second-order valence-electron chi connectivity index (χ2n) is 7.36. The molecule has 0 aliphatic carbocycles. The molecule has 28 heavy (non-hydrogen) atoms. The quantitative estimate of drug-likeness (QED) is 0.691. The fraction of sp³-hybridized carbons (Fsp3) is 0.409. The highest BCUT2D eigenvalue weighted by molar-refractivity contribution is 5.89. The van der Waals surface area contributed by atoms with Crippen molar-refractivity contribution in [1.29, 1.82) is 0 Å². The number of piperidine rings is 1. The number of rotatable bonds is 7. The maximum Gasteiger partial charge on any atom is 0.319 e. The predicted octanol–water partition coefficient (Wildman–Crippen LogP) is 4.43. The Morgan fingerprint density at radius 2 is 1.79 bits per heavy atom. The van der Waals surface area contributed by atoms with Gasteiger partial charge in [-0.25, -0.2) is 13.6 Å². The Morgan fingerprint density at radius 1 is 1.04 bits per heavy atom. The summed E-state index contributed by atoms with van der Waals surface area (Å²) in [5.41, 5.74) is 1.65. The minimum absolute atomic E-state index is 0.184. The minimum Gasteiger partial charge on any atom is -0.338 e. The maximum atomic E-state index is 13.1. The minimum atomic E-state index is -0.374. The van der Waals surface area contributed by atoms with Crippen LogP contribution in [0.5, 0.6) is 0 Å². The lowest BCUT2D eigenvalue weighted by Gasteiger charge is -2.32. The Kier molecular flexibility index (Phi) is 7.37. The molecule has 4 nitrogen and oxygen atoms in total. The Labute approximate surface area is 164 Å². The van der Waals surface area contributed by atoms with Crippen molar-refractivity contribution in [2.75, 3.05) is 31.5 Å². The van der Waals surface area contributed by atoms with E-state index in [-0.39, 0.29) is 17.7 Å². The van der Waals surface area contributed by atoms with Crippen LogP contribution in [-0.2, 0) is 6.42 Å². The predicted molar refractivity (Wildman–Crippen MR) is 107 cm³/mol. The van der Waals surface area contributed by atoms with Gasteiger partial charge in [-0.3, -0.25) is 0 Å². The maximum absolute atomic E-state index is 13.1. The van der Waals surface area contributed by atoms with E-state index in [4.69, 9.17) is 0 Å². The van der Waals surface area contributed by atoms with E-state index in [0.717, 1.165) is 45.3 Å². The number of nitrogens with one attached hydrogen (secondary N) is 2. The third-order valence-corrected chi connectivity index (χ3v) is 5.16. The molecule has 0 saturated carbocycles. The molecule has 1 aliphatic rings. The number of anilines is 1. The van der Waals surface area contributed by atoms with E-state index < -0.39 is 0 Å². The number of benzene rings is 2. The van der Waals surface area contributed by atoms with Crippen molar-refractivity contribution in [3.05, 3.63) is 65.7 Å². The van der Waals surface area contributed by atoms with Crippen LogP contribution >= 0.6 is 0 Å². The summed E-state index contributed by atoms with van der Waals surface area (Å²) < 4.78 is 26.1. The van der Waals surface area contributed by atoms with E-state index in [1.54, 1.807) is 12.1 Å². The first-order valence-corrected chi connectivity index (χ1v) is 9.86. The second-order valence-corrected chi connectivity index (χ2v) is 7.36. The average molecular weight is 387 g/mol. The Morgan fingerprint density at radius 3 is 2.50 bits per heavy atom. The Balaban J connectivity index is 1.28. The molecule has 0 aromatic heterocycles. The van der Waals surface area contributed by atoms with Gasteiger partial charge in [-0.2, -0.15) is 0 Å². The highest BCUT2D eigenvalue weighted by Gasteiger charge is 2.19. The topological polar surface area (TPSA) is 44.4 Å². The molecule has 1 aliphatic heterocycles. The lowest BCUT2D eigenvalue weighted by molar-refractivity contribution is 0.182. The molecule has 1 saturated heterocycles. The van der Waals surface area contributed by atoms with Crippen molar-refractivity contribution in [2.45, 2.75) is 25.7 Å². The van der Waals surface area contributed by atoms with E-state index in [1.807, 2.05) is 12.1 Å². The number of halogens is 2. The van der Waals surface area contributed by atoms with Crippen LogP contribution in [0.3, 0.4) is 0 Å². The monoisotopic (exact) mass is 387 g/mol. The summed E-state index contributed by atoms with van der Waals surface area (Å²) in [4.78, 5) is 14.3. The number of amides is 2. The van der Waals surface area contributed by atoms with Crippen molar-refractivity contribution >= 4 is 11.7 Å². The molecule has 2 amide bonds. The first-order valence-electron chi connectivity index (χ1n) is 9.86. The Hall–Kier alpha value is -2.47. The van der Waals surface area contributed by atoms with Gasteiger partial charge in [-0.1, -0.05) is 18.2 Å². The molecule has 6 heteroatoms. The molecule has 150 valence electrons. The summed E-state index contributed by atoms with van der Waals surface area (Å²) in [6.07, 6.45) is 4.17. The highest BCUT2D eigenvalue weighted by Crippen LogP contribution is 2.22. The molecule has 0 radical (unpaired) electrons. The molecule has 2 aromatic rings.